The van der Waals surface area contributed by atoms with Gasteiger partial charge >= 0.3 is 6.61 Å². The van der Waals surface area contributed by atoms with Gasteiger partial charge in [-0.1, -0.05) is 0 Å². The summed E-state index contributed by atoms with van der Waals surface area (Å²) in [6, 6.07) is 1.67. The van der Waals surface area contributed by atoms with E-state index in [-0.39, 0.29) is 24.5 Å². The lowest BCUT2D eigenvalue weighted by Gasteiger charge is -2.37. The van der Waals surface area contributed by atoms with E-state index in [4.69, 9.17) is 5.10 Å². The van der Waals surface area contributed by atoms with Crippen molar-refractivity contribution < 1.29 is 23.4 Å². The first-order chi connectivity index (χ1) is 19.5. The number of anilines is 1. The summed E-state index contributed by atoms with van der Waals surface area (Å²) in [6.07, 6.45) is 8.15. The Labute approximate surface area is 238 Å². The molecule has 2 fully saturated rings. The maximum atomic E-state index is 13.5. The van der Waals surface area contributed by atoms with Crippen LogP contribution in [0.3, 0.4) is 0 Å². The molecule has 11 nitrogen and oxygen atoms in total. The number of fused-ring (bicyclic) bond motifs is 1. The average Bonchev–Trinajstić information content (AvgIpc) is 3.58. The van der Waals surface area contributed by atoms with Crippen LogP contribution in [0.4, 0.5) is 14.7 Å². The lowest BCUT2D eigenvalue weighted by molar-refractivity contribution is -0.141. The molecular formula is C28H40F2N8O3. The molecule has 1 saturated heterocycles. The second kappa shape index (κ2) is 12.0. The molecule has 0 aromatic carbocycles. The van der Waals surface area contributed by atoms with Gasteiger partial charge in [0.1, 0.15) is 5.54 Å². The third kappa shape index (κ3) is 6.36. The molecule has 224 valence electrons. The fourth-order valence-corrected chi connectivity index (χ4v) is 5.72. The molecule has 13 heteroatoms. The topological polar surface area (TPSA) is 113 Å². The fraction of sp³-hybridized carbons (Fsp3) is 0.643. The molecule has 0 radical (unpaired) electrons. The Morgan fingerprint density at radius 1 is 1.17 bits per heavy atom. The Bertz CT molecular complexity index is 1340. The van der Waals surface area contributed by atoms with Gasteiger partial charge in [0.15, 0.2) is 0 Å². The smallest absolute Gasteiger partial charge is 0.345 e. The Hall–Kier alpha value is -3.16. The number of hydrogen-bond donors (Lipinski definition) is 2. The molecule has 0 bridgehead atoms. The van der Waals surface area contributed by atoms with Gasteiger partial charge < -0.3 is 25.0 Å². The normalized spacial score (nSPS) is 21.5. The van der Waals surface area contributed by atoms with Crippen molar-refractivity contribution in [2.75, 3.05) is 45.2 Å². The molecule has 1 aliphatic carbocycles. The minimum absolute atomic E-state index is 0.0347. The SMILES string of the molecule is C[C@@H](COC(F)F)Nc1ncc2c(-c3cnn(C(C)(C)C(=O)N4CCN(C)CC4)c3)cc(C3CCC(O)CC3)n2n1. The molecule has 4 heterocycles. The molecule has 0 spiro atoms. The molecule has 2 aliphatic rings. The van der Waals surface area contributed by atoms with Crippen LogP contribution < -0.4 is 5.32 Å². The number of aliphatic hydroxyl groups is 1. The van der Waals surface area contributed by atoms with Crippen LogP contribution in [0.15, 0.2) is 24.7 Å². The number of piperazine rings is 1. The first-order valence-corrected chi connectivity index (χ1v) is 14.3. The number of rotatable bonds is 9. The summed E-state index contributed by atoms with van der Waals surface area (Å²) >= 11 is 0. The lowest BCUT2D eigenvalue weighted by atomic mass is 9.85. The van der Waals surface area contributed by atoms with Gasteiger partial charge in [-0.15, -0.1) is 5.10 Å². The Morgan fingerprint density at radius 2 is 1.88 bits per heavy atom. The third-order valence-corrected chi connectivity index (χ3v) is 8.29. The number of aromatic nitrogens is 5. The van der Waals surface area contributed by atoms with Crippen LogP contribution in [-0.4, -0.2) is 104 Å². The predicted octanol–water partition coefficient (Wildman–Crippen LogP) is 3.16. The number of halogens is 2. The summed E-state index contributed by atoms with van der Waals surface area (Å²) < 4.78 is 33.0. The van der Waals surface area contributed by atoms with E-state index in [9.17, 15) is 18.7 Å². The van der Waals surface area contributed by atoms with Crippen molar-refractivity contribution in [1.82, 2.24) is 34.2 Å². The first kappa shape index (κ1) is 29.3. The summed E-state index contributed by atoms with van der Waals surface area (Å²) in [5, 5.41) is 22.5. The van der Waals surface area contributed by atoms with E-state index in [2.05, 4.69) is 38.2 Å². The number of alkyl halides is 2. The zero-order valence-corrected chi connectivity index (χ0v) is 24.1. The van der Waals surface area contributed by atoms with Gasteiger partial charge in [0.2, 0.25) is 11.9 Å². The zero-order valence-electron chi connectivity index (χ0n) is 24.1. The maximum Gasteiger partial charge on any atom is 0.345 e. The van der Waals surface area contributed by atoms with E-state index in [1.807, 2.05) is 29.5 Å². The van der Waals surface area contributed by atoms with Crippen LogP contribution in [0.2, 0.25) is 0 Å². The van der Waals surface area contributed by atoms with Crippen molar-refractivity contribution in [3.63, 3.8) is 0 Å². The van der Waals surface area contributed by atoms with E-state index in [1.165, 1.54) is 0 Å². The van der Waals surface area contributed by atoms with Crippen LogP contribution in [0.1, 0.15) is 58.1 Å². The molecule has 1 atom stereocenters. The van der Waals surface area contributed by atoms with Crippen molar-refractivity contribution in [3.05, 3.63) is 30.4 Å². The molecule has 5 rings (SSSR count). The standard InChI is InChI=1S/C28H40F2N8O3/c1-18(17-41-26(29)30)33-27-31-15-24-22(13-23(38(24)34-27)19-5-7-21(39)8-6-19)20-14-32-37(16-20)28(2,3)25(40)36-11-9-35(4)10-12-36/h13-16,18-19,21,26,39H,5-12,17H2,1-4H3,(H,33,34)/t18-,19?,21?/m0/s1. The highest BCUT2D eigenvalue weighted by Gasteiger charge is 2.36. The third-order valence-electron chi connectivity index (χ3n) is 8.29. The van der Waals surface area contributed by atoms with Gasteiger partial charge in [0.25, 0.3) is 0 Å². The molecule has 3 aromatic rings. The van der Waals surface area contributed by atoms with Crippen molar-refractivity contribution in [2.24, 2.45) is 0 Å². The number of nitrogens with zero attached hydrogens (tertiary/aromatic N) is 7. The second-order valence-corrected chi connectivity index (χ2v) is 11.8. The van der Waals surface area contributed by atoms with Crippen molar-refractivity contribution in [1.29, 1.82) is 0 Å². The van der Waals surface area contributed by atoms with Crippen LogP contribution in [0.25, 0.3) is 16.6 Å². The maximum absolute atomic E-state index is 13.5. The number of carbonyl (C=O) groups is 1. The summed E-state index contributed by atoms with van der Waals surface area (Å²) in [5.41, 5.74) is 2.63. The molecule has 1 aliphatic heterocycles. The fourth-order valence-electron chi connectivity index (χ4n) is 5.72. The van der Waals surface area contributed by atoms with Gasteiger partial charge in [-0.3, -0.25) is 9.48 Å². The minimum atomic E-state index is -2.84. The van der Waals surface area contributed by atoms with Crippen molar-refractivity contribution in [2.45, 2.75) is 76.7 Å². The Morgan fingerprint density at radius 3 is 2.56 bits per heavy atom. The lowest BCUT2D eigenvalue weighted by Crippen LogP contribution is -2.54. The zero-order chi connectivity index (χ0) is 29.3. The van der Waals surface area contributed by atoms with E-state index >= 15 is 0 Å². The molecule has 41 heavy (non-hydrogen) atoms. The van der Waals surface area contributed by atoms with Gasteiger partial charge in [-0.25, -0.2) is 9.50 Å². The summed E-state index contributed by atoms with van der Waals surface area (Å²) in [6.45, 7) is 5.55. The highest BCUT2D eigenvalue weighted by Crippen LogP contribution is 2.38. The van der Waals surface area contributed by atoms with Crippen LogP contribution >= 0.6 is 0 Å². The van der Waals surface area contributed by atoms with E-state index in [0.29, 0.717) is 31.9 Å². The van der Waals surface area contributed by atoms with Crippen molar-refractivity contribution in [3.8, 4) is 11.1 Å². The molecule has 2 N–H and O–H groups in total. The molecule has 1 saturated carbocycles. The molecule has 0 unspecified atom stereocenters. The molecule has 3 aromatic heterocycles. The predicted molar refractivity (Wildman–Crippen MR) is 150 cm³/mol. The number of aliphatic hydroxyl groups excluding tert-OH is 1. The Kier molecular flexibility index (Phi) is 8.57. The molecule has 1 amide bonds. The van der Waals surface area contributed by atoms with Gasteiger partial charge in [0, 0.05) is 61.2 Å². The van der Waals surface area contributed by atoms with Crippen LogP contribution in [0, 0.1) is 0 Å². The molecular weight excluding hydrogens is 534 g/mol. The van der Waals surface area contributed by atoms with Gasteiger partial charge in [-0.2, -0.15) is 13.9 Å². The highest BCUT2D eigenvalue weighted by molar-refractivity contribution is 5.85. The Balaban J connectivity index is 1.45. The van der Waals surface area contributed by atoms with Gasteiger partial charge in [0.05, 0.1) is 30.6 Å². The number of carbonyl (C=O) groups excluding carboxylic acids is 1. The summed E-state index contributed by atoms with van der Waals surface area (Å²) in [4.78, 5) is 22.1. The van der Waals surface area contributed by atoms with Crippen molar-refractivity contribution >= 4 is 17.4 Å². The number of hydrogen-bond acceptors (Lipinski definition) is 8. The first-order valence-electron chi connectivity index (χ1n) is 14.3. The number of ether oxygens (including phenoxy) is 1. The van der Waals surface area contributed by atoms with E-state index in [1.54, 1.807) is 24.0 Å². The number of nitrogens with one attached hydrogen (secondary N) is 1. The highest BCUT2D eigenvalue weighted by atomic mass is 19.3. The van der Waals surface area contributed by atoms with Crippen LogP contribution in [0.5, 0.6) is 0 Å². The van der Waals surface area contributed by atoms with E-state index in [0.717, 1.165) is 48.3 Å². The summed E-state index contributed by atoms with van der Waals surface area (Å²) in [5.74, 6) is 0.524. The second-order valence-electron chi connectivity index (χ2n) is 11.8. The van der Waals surface area contributed by atoms with E-state index < -0.39 is 18.2 Å². The minimum Gasteiger partial charge on any atom is -0.393 e. The van der Waals surface area contributed by atoms with Crippen LogP contribution in [-0.2, 0) is 15.1 Å². The van der Waals surface area contributed by atoms with Gasteiger partial charge in [-0.05, 0) is 59.6 Å². The number of likely N-dealkylation sites (N-methyl/N-ethyl adjacent to an activating group) is 1. The monoisotopic (exact) mass is 574 g/mol. The average molecular weight is 575 g/mol. The number of amides is 1. The quantitative estimate of drug-likeness (QED) is 0.401. The largest absolute Gasteiger partial charge is 0.393 e. The summed E-state index contributed by atoms with van der Waals surface area (Å²) in [7, 11) is 2.06.